The highest BCUT2D eigenvalue weighted by molar-refractivity contribution is 5.85. The van der Waals surface area contributed by atoms with Crippen LogP contribution in [0.25, 0.3) is 10.8 Å². The highest BCUT2D eigenvalue weighted by atomic mass is 16.5. The number of hydrazone groups is 1. The molecule has 0 aromatic heterocycles. The number of carbonyl (C=O) groups excluding carboxylic acids is 1. The van der Waals surface area contributed by atoms with Gasteiger partial charge in [0.05, 0.1) is 6.21 Å². The molecule has 0 atom stereocenters. The highest BCUT2D eigenvalue weighted by Crippen LogP contribution is 2.20. The van der Waals surface area contributed by atoms with Crippen LogP contribution in [0.2, 0.25) is 0 Å². The largest absolute Gasteiger partial charge is 0.488 e. The van der Waals surface area contributed by atoms with E-state index in [4.69, 9.17) is 4.74 Å². The molecular weight excluding hydrogens is 300 g/mol. The summed E-state index contributed by atoms with van der Waals surface area (Å²) in [6.07, 6.45) is 1.58. The lowest BCUT2D eigenvalue weighted by atomic mass is 10.1. The van der Waals surface area contributed by atoms with Crippen molar-refractivity contribution < 1.29 is 9.53 Å². The number of rotatable bonds is 5. The third-order valence-corrected chi connectivity index (χ3v) is 3.55. The number of nitrogens with zero attached hydrogens (tertiary/aromatic N) is 1. The fourth-order valence-corrected chi connectivity index (χ4v) is 2.40. The number of hydrogen-bond acceptors (Lipinski definition) is 3. The summed E-state index contributed by atoms with van der Waals surface area (Å²) in [5.74, 6) is 0.514. The second-order valence-electron chi connectivity index (χ2n) is 5.43. The van der Waals surface area contributed by atoms with Gasteiger partial charge in [-0.05, 0) is 34.5 Å². The lowest BCUT2D eigenvalue weighted by Crippen LogP contribution is -2.12. The molecule has 0 saturated heterocycles. The molecule has 3 aromatic rings. The number of carbonyl (C=O) groups is 1. The maximum absolute atomic E-state index is 10.9. The molecular formula is C20H18N2O2. The van der Waals surface area contributed by atoms with Gasteiger partial charge in [-0.3, -0.25) is 4.79 Å². The lowest BCUT2D eigenvalue weighted by molar-refractivity contribution is -0.118. The Bertz CT molecular complexity index is 887. The van der Waals surface area contributed by atoms with Gasteiger partial charge in [0, 0.05) is 12.5 Å². The van der Waals surface area contributed by atoms with E-state index < -0.39 is 0 Å². The summed E-state index contributed by atoms with van der Waals surface area (Å²) >= 11 is 0. The summed E-state index contributed by atoms with van der Waals surface area (Å²) in [4.78, 5) is 10.9. The van der Waals surface area contributed by atoms with Gasteiger partial charge in [0.25, 0.3) is 0 Å². The van der Waals surface area contributed by atoms with E-state index >= 15 is 0 Å². The van der Waals surface area contributed by atoms with Crippen LogP contribution in [0.15, 0.2) is 71.8 Å². The van der Waals surface area contributed by atoms with Crippen molar-refractivity contribution in [1.29, 1.82) is 0 Å². The summed E-state index contributed by atoms with van der Waals surface area (Å²) in [6, 6.07) is 22.1. The molecule has 0 heterocycles. The number of hydrogen-bond donors (Lipinski definition) is 1. The molecule has 120 valence electrons. The normalized spacial score (nSPS) is 10.9. The van der Waals surface area contributed by atoms with Crippen LogP contribution in [0.1, 0.15) is 18.1 Å². The predicted octanol–water partition coefficient (Wildman–Crippen LogP) is 3.89. The average molecular weight is 318 g/mol. The van der Waals surface area contributed by atoms with Gasteiger partial charge in [0.2, 0.25) is 5.91 Å². The van der Waals surface area contributed by atoms with Crippen molar-refractivity contribution in [3.63, 3.8) is 0 Å². The van der Waals surface area contributed by atoms with Crippen molar-refractivity contribution in [2.24, 2.45) is 5.10 Å². The zero-order valence-electron chi connectivity index (χ0n) is 13.4. The minimum Gasteiger partial charge on any atom is -0.488 e. The maximum atomic E-state index is 10.9. The van der Waals surface area contributed by atoms with Crippen LogP contribution in [-0.2, 0) is 11.4 Å². The number of nitrogens with one attached hydrogen (secondary N) is 1. The van der Waals surface area contributed by atoms with E-state index in [0.29, 0.717) is 6.61 Å². The molecule has 0 aliphatic heterocycles. The van der Waals surface area contributed by atoms with E-state index in [2.05, 4.69) is 40.9 Å². The Labute approximate surface area is 140 Å². The number of ether oxygens (including phenoxy) is 1. The lowest BCUT2D eigenvalue weighted by Gasteiger charge is -2.09. The molecule has 1 N–H and O–H groups in total. The van der Waals surface area contributed by atoms with E-state index in [1.165, 1.54) is 17.7 Å². The molecule has 0 spiro atoms. The van der Waals surface area contributed by atoms with Gasteiger partial charge in [0.1, 0.15) is 12.4 Å². The molecule has 0 aliphatic rings. The smallest absolute Gasteiger partial charge is 0.236 e. The van der Waals surface area contributed by atoms with Crippen molar-refractivity contribution in [3.05, 3.63) is 77.9 Å². The minimum absolute atomic E-state index is 0.208. The first kappa shape index (κ1) is 15.7. The molecule has 4 nitrogen and oxygen atoms in total. The van der Waals surface area contributed by atoms with Gasteiger partial charge in [-0.1, -0.05) is 48.5 Å². The summed E-state index contributed by atoms with van der Waals surface area (Å²) < 4.78 is 5.93. The molecule has 0 unspecified atom stereocenters. The van der Waals surface area contributed by atoms with Crippen LogP contribution in [0.3, 0.4) is 0 Å². The van der Waals surface area contributed by atoms with Crippen LogP contribution in [0.5, 0.6) is 5.75 Å². The Balaban J connectivity index is 1.73. The maximum Gasteiger partial charge on any atom is 0.236 e. The number of benzene rings is 3. The monoisotopic (exact) mass is 318 g/mol. The van der Waals surface area contributed by atoms with E-state index in [1.54, 1.807) is 6.21 Å². The van der Waals surface area contributed by atoms with Crippen LogP contribution >= 0.6 is 0 Å². The molecule has 0 saturated carbocycles. The summed E-state index contributed by atoms with van der Waals surface area (Å²) in [5.41, 5.74) is 4.30. The van der Waals surface area contributed by atoms with Crippen molar-refractivity contribution >= 4 is 22.9 Å². The molecule has 3 aromatic carbocycles. The fourth-order valence-electron chi connectivity index (χ4n) is 2.40. The van der Waals surface area contributed by atoms with Crippen molar-refractivity contribution in [1.82, 2.24) is 5.43 Å². The van der Waals surface area contributed by atoms with Crippen molar-refractivity contribution in [2.45, 2.75) is 13.5 Å². The van der Waals surface area contributed by atoms with E-state index in [1.807, 2.05) is 36.4 Å². The molecule has 0 bridgehead atoms. The zero-order valence-corrected chi connectivity index (χ0v) is 13.4. The van der Waals surface area contributed by atoms with Crippen LogP contribution in [-0.4, -0.2) is 12.1 Å². The van der Waals surface area contributed by atoms with Crippen molar-refractivity contribution in [3.8, 4) is 5.75 Å². The topological polar surface area (TPSA) is 50.7 Å². The minimum atomic E-state index is -0.208. The number of amides is 1. The van der Waals surface area contributed by atoms with Crippen molar-refractivity contribution in [2.75, 3.05) is 0 Å². The zero-order chi connectivity index (χ0) is 16.8. The SMILES string of the molecule is CC(=O)N/N=C\c1ccccc1OCc1ccc2ccccc2c1. The van der Waals surface area contributed by atoms with Crippen LogP contribution < -0.4 is 10.2 Å². The third kappa shape index (κ3) is 3.98. The van der Waals surface area contributed by atoms with Gasteiger partial charge in [0.15, 0.2) is 0 Å². The van der Waals surface area contributed by atoms with Gasteiger partial charge in [-0.25, -0.2) is 5.43 Å². The molecule has 0 aliphatic carbocycles. The van der Waals surface area contributed by atoms with E-state index in [0.717, 1.165) is 16.9 Å². The molecule has 1 amide bonds. The molecule has 3 rings (SSSR count). The molecule has 0 radical (unpaired) electrons. The average Bonchev–Trinajstić information content (AvgIpc) is 2.60. The summed E-state index contributed by atoms with van der Waals surface area (Å²) in [6.45, 7) is 1.88. The molecule has 0 fully saturated rings. The van der Waals surface area contributed by atoms with Crippen LogP contribution in [0.4, 0.5) is 0 Å². The van der Waals surface area contributed by atoms with Gasteiger partial charge in [-0.2, -0.15) is 5.10 Å². The Morgan fingerprint density at radius 1 is 1.04 bits per heavy atom. The third-order valence-electron chi connectivity index (χ3n) is 3.55. The molecule has 4 heteroatoms. The standard InChI is InChI=1S/C20H18N2O2/c1-15(23)22-21-13-19-8-4-5-9-20(19)24-14-16-10-11-17-6-2-3-7-18(17)12-16/h2-13H,14H2,1H3,(H,22,23)/b21-13-. The Morgan fingerprint density at radius 3 is 2.62 bits per heavy atom. The molecule has 24 heavy (non-hydrogen) atoms. The van der Waals surface area contributed by atoms with Gasteiger partial charge in [-0.15, -0.1) is 0 Å². The summed E-state index contributed by atoms with van der Waals surface area (Å²) in [5, 5.41) is 6.30. The Morgan fingerprint density at radius 2 is 1.79 bits per heavy atom. The van der Waals surface area contributed by atoms with E-state index in [9.17, 15) is 4.79 Å². The fraction of sp³-hybridized carbons (Fsp3) is 0.100. The van der Waals surface area contributed by atoms with E-state index in [-0.39, 0.29) is 5.91 Å². The first-order valence-corrected chi connectivity index (χ1v) is 7.71. The first-order valence-electron chi connectivity index (χ1n) is 7.71. The quantitative estimate of drug-likeness (QED) is 0.573. The highest BCUT2D eigenvalue weighted by Gasteiger charge is 2.02. The second kappa shape index (κ2) is 7.42. The van der Waals surface area contributed by atoms with Gasteiger partial charge < -0.3 is 4.74 Å². The number of para-hydroxylation sites is 1. The predicted molar refractivity (Wildman–Crippen MR) is 96.1 cm³/mol. The number of fused-ring (bicyclic) bond motifs is 1. The second-order valence-corrected chi connectivity index (χ2v) is 5.43. The van der Waals surface area contributed by atoms with Crippen LogP contribution in [0, 0.1) is 0 Å². The summed E-state index contributed by atoms with van der Waals surface area (Å²) in [7, 11) is 0. The van der Waals surface area contributed by atoms with Gasteiger partial charge >= 0.3 is 0 Å². The first-order chi connectivity index (χ1) is 11.7. The Kier molecular flexibility index (Phi) is 4.87. The Hall–Kier alpha value is -3.14.